The number of benzene rings is 2. The number of allylic oxidation sites excluding steroid dienone is 2. The SMILES string of the molecule is CCCCCCCCC=CCCCCCCCC(=O)NC(COP(=O)(O)O)Cc1ccc(OCc2c(Cl)cccc2Cl)cc1. The van der Waals surface area contributed by atoms with Crippen molar-refractivity contribution < 1.29 is 28.4 Å². The van der Waals surface area contributed by atoms with Gasteiger partial charge in [-0.2, -0.15) is 0 Å². The summed E-state index contributed by atoms with van der Waals surface area (Å²) in [6.07, 6.45) is 20.7. The van der Waals surface area contributed by atoms with Gasteiger partial charge in [0.1, 0.15) is 12.4 Å². The van der Waals surface area contributed by atoms with Crippen molar-refractivity contribution in [2.45, 2.75) is 116 Å². The maximum Gasteiger partial charge on any atom is 0.469 e. The van der Waals surface area contributed by atoms with Crippen molar-refractivity contribution in [1.82, 2.24) is 5.32 Å². The van der Waals surface area contributed by atoms with Crippen LogP contribution in [0.3, 0.4) is 0 Å². The molecule has 0 bridgehead atoms. The number of phosphoric acid groups is 1. The number of ether oxygens (including phenoxy) is 1. The number of hydrogen-bond acceptors (Lipinski definition) is 4. The molecular formula is C34H50Cl2NO6P. The number of halogens is 2. The smallest absolute Gasteiger partial charge is 0.469 e. The van der Waals surface area contributed by atoms with Crippen LogP contribution in [0.1, 0.15) is 108 Å². The number of hydrogen-bond donors (Lipinski definition) is 3. The molecule has 246 valence electrons. The first-order chi connectivity index (χ1) is 21.2. The Morgan fingerprint density at radius 2 is 1.43 bits per heavy atom. The Labute approximate surface area is 274 Å². The summed E-state index contributed by atoms with van der Waals surface area (Å²) in [6, 6.07) is 11.9. The Kier molecular flexibility index (Phi) is 19.7. The average molecular weight is 671 g/mol. The predicted molar refractivity (Wildman–Crippen MR) is 180 cm³/mol. The number of carbonyl (C=O) groups is 1. The third kappa shape index (κ3) is 18.2. The largest absolute Gasteiger partial charge is 0.489 e. The highest BCUT2D eigenvalue weighted by atomic mass is 35.5. The van der Waals surface area contributed by atoms with E-state index in [-0.39, 0.29) is 19.1 Å². The van der Waals surface area contributed by atoms with E-state index in [4.69, 9.17) is 32.5 Å². The van der Waals surface area contributed by atoms with E-state index in [9.17, 15) is 19.1 Å². The maximum atomic E-state index is 12.6. The van der Waals surface area contributed by atoms with E-state index >= 15 is 0 Å². The molecule has 1 amide bonds. The standard InChI is InChI=1S/C34H50Cl2NO6P/c1-2-3-4-5-6-7-8-9-10-11-12-13-14-15-16-20-34(38)37-29(26-43-44(39,40)41)25-28-21-23-30(24-22-28)42-27-31-32(35)18-17-19-33(31)36/h9-10,17-19,21-24,29H,2-8,11-16,20,25-27H2,1H3,(H,37,38)(H2,39,40,41). The summed E-state index contributed by atoms with van der Waals surface area (Å²) in [6.45, 7) is 2.16. The molecule has 1 atom stereocenters. The quantitative estimate of drug-likeness (QED) is 0.0584. The number of amides is 1. The van der Waals surface area contributed by atoms with Gasteiger partial charge in [-0.25, -0.2) is 4.57 Å². The second-order valence-electron chi connectivity index (χ2n) is 11.2. The minimum absolute atomic E-state index is 0.154. The molecule has 0 aliphatic rings. The fourth-order valence-corrected chi connectivity index (χ4v) is 5.71. The summed E-state index contributed by atoms with van der Waals surface area (Å²) >= 11 is 12.4. The number of unbranched alkanes of at least 4 members (excludes halogenated alkanes) is 11. The second kappa shape index (κ2) is 22.6. The molecule has 0 radical (unpaired) electrons. The lowest BCUT2D eigenvalue weighted by Crippen LogP contribution is -2.39. The number of carbonyl (C=O) groups excluding carboxylic acids is 1. The predicted octanol–water partition coefficient (Wildman–Crippen LogP) is 9.75. The molecule has 0 aliphatic carbocycles. The first-order valence-electron chi connectivity index (χ1n) is 16.0. The van der Waals surface area contributed by atoms with Crippen molar-refractivity contribution in [2.75, 3.05) is 6.61 Å². The van der Waals surface area contributed by atoms with Gasteiger partial charge in [-0.1, -0.05) is 112 Å². The zero-order valence-electron chi connectivity index (χ0n) is 26.0. The Bertz CT molecular complexity index is 1130. The molecule has 0 spiro atoms. The van der Waals surface area contributed by atoms with Crippen LogP contribution in [0.2, 0.25) is 10.0 Å². The minimum atomic E-state index is -4.67. The Morgan fingerprint density at radius 1 is 0.864 bits per heavy atom. The van der Waals surface area contributed by atoms with E-state index < -0.39 is 13.9 Å². The molecular weight excluding hydrogens is 620 g/mol. The normalized spacial score (nSPS) is 12.5. The monoisotopic (exact) mass is 669 g/mol. The molecule has 0 fully saturated rings. The molecule has 0 saturated carbocycles. The van der Waals surface area contributed by atoms with Crippen molar-refractivity contribution in [2.24, 2.45) is 0 Å². The summed E-state index contributed by atoms with van der Waals surface area (Å²) in [5, 5.41) is 3.94. The van der Waals surface area contributed by atoms with E-state index in [1.54, 1.807) is 30.3 Å². The summed E-state index contributed by atoms with van der Waals surface area (Å²) in [4.78, 5) is 31.0. The molecule has 0 saturated heterocycles. The van der Waals surface area contributed by atoms with Gasteiger partial charge in [-0.05, 0) is 68.4 Å². The van der Waals surface area contributed by atoms with Gasteiger partial charge in [0.2, 0.25) is 5.91 Å². The molecule has 3 N–H and O–H groups in total. The summed E-state index contributed by atoms with van der Waals surface area (Å²) < 4.78 is 21.9. The van der Waals surface area contributed by atoms with Crippen molar-refractivity contribution >= 4 is 36.9 Å². The topological polar surface area (TPSA) is 105 Å². The molecule has 7 nitrogen and oxygen atoms in total. The number of nitrogens with one attached hydrogen (secondary N) is 1. The highest BCUT2D eigenvalue weighted by Gasteiger charge is 2.20. The van der Waals surface area contributed by atoms with E-state index in [0.717, 1.165) is 37.7 Å². The van der Waals surface area contributed by atoms with Crippen LogP contribution in [-0.2, 0) is 26.9 Å². The van der Waals surface area contributed by atoms with E-state index in [1.807, 2.05) is 12.1 Å². The van der Waals surface area contributed by atoms with E-state index in [1.165, 1.54) is 51.4 Å². The highest BCUT2D eigenvalue weighted by Crippen LogP contribution is 2.36. The first-order valence-corrected chi connectivity index (χ1v) is 18.3. The lowest BCUT2D eigenvalue weighted by Gasteiger charge is -2.19. The molecule has 1 unspecified atom stereocenters. The molecule has 2 rings (SSSR count). The van der Waals surface area contributed by atoms with Crippen LogP contribution < -0.4 is 10.1 Å². The zero-order chi connectivity index (χ0) is 32.0. The Hall–Kier alpha value is -1.86. The summed E-state index contributed by atoms with van der Waals surface area (Å²) in [5.74, 6) is 0.458. The van der Waals surface area contributed by atoms with Crippen molar-refractivity contribution in [1.29, 1.82) is 0 Å². The average Bonchev–Trinajstić information content (AvgIpc) is 2.98. The van der Waals surface area contributed by atoms with Crippen LogP contribution >= 0.6 is 31.0 Å². The molecule has 44 heavy (non-hydrogen) atoms. The van der Waals surface area contributed by atoms with Crippen molar-refractivity contribution in [3.05, 3.63) is 75.8 Å². The number of phosphoric ester groups is 1. The van der Waals surface area contributed by atoms with Crippen LogP contribution in [0.15, 0.2) is 54.6 Å². The number of rotatable bonds is 24. The molecule has 2 aromatic rings. The third-order valence-electron chi connectivity index (χ3n) is 7.32. The molecule has 2 aromatic carbocycles. The van der Waals surface area contributed by atoms with Gasteiger partial charge in [-0.3, -0.25) is 9.32 Å². The molecule has 0 heterocycles. The zero-order valence-corrected chi connectivity index (χ0v) is 28.4. The van der Waals surface area contributed by atoms with Crippen molar-refractivity contribution in [3.8, 4) is 5.75 Å². The molecule has 0 aromatic heterocycles. The fourth-order valence-electron chi connectivity index (χ4n) is 4.83. The van der Waals surface area contributed by atoms with Crippen LogP contribution in [0, 0.1) is 0 Å². The highest BCUT2D eigenvalue weighted by molar-refractivity contribution is 7.46. The molecule has 10 heteroatoms. The Morgan fingerprint density at radius 3 is 2.02 bits per heavy atom. The van der Waals surface area contributed by atoms with Crippen molar-refractivity contribution in [3.63, 3.8) is 0 Å². The van der Waals surface area contributed by atoms with Gasteiger partial charge in [0.25, 0.3) is 0 Å². The van der Waals surface area contributed by atoms with Gasteiger partial charge < -0.3 is 19.8 Å². The van der Waals surface area contributed by atoms with Gasteiger partial charge in [-0.15, -0.1) is 0 Å². The minimum Gasteiger partial charge on any atom is -0.489 e. The van der Waals surface area contributed by atoms with Gasteiger partial charge in [0.15, 0.2) is 0 Å². The van der Waals surface area contributed by atoms with Crippen LogP contribution in [-0.4, -0.2) is 28.3 Å². The van der Waals surface area contributed by atoms with E-state index in [0.29, 0.717) is 34.2 Å². The van der Waals surface area contributed by atoms with Crippen LogP contribution in [0.25, 0.3) is 0 Å². The maximum absolute atomic E-state index is 12.6. The lowest BCUT2D eigenvalue weighted by molar-refractivity contribution is -0.122. The van der Waals surface area contributed by atoms with E-state index in [2.05, 4.69) is 24.4 Å². The third-order valence-corrected chi connectivity index (χ3v) is 8.52. The summed E-state index contributed by atoms with van der Waals surface area (Å²) in [5.41, 5.74) is 1.55. The fraction of sp³-hybridized carbons (Fsp3) is 0.559. The second-order valence-corrected chi connectivity index (χ2v) is 13.3. The van der Waals surface area contributed by atoms with Crippen LogP contribution in [0.4, 0.5) is 0 Å². The lowest BCUT2D eigenvalue weighted by atomic mass is 10.1. The van der Waals surface area contributed by atoms with Gasteiger partial charge in [0.05, 0.1) is 12.6 Å². The summed E-state index contributed by atoms with van der Waals surface area (Å²) in [7, 11) is -4.67. The van der Waals surface area contributed by atoms with Gasteiger partial charge >= 0.3 is 7.82 Å². The first kappa shape index (κ1) is 38.3. The van der Waals surface area contributed by atoms with Crippen LogP contribution in [0.5, 0.6) is 5.75 Å². The Balaban J connectivity index is 1.68. The molecule has 0 aliphatic heterocycles. The van der Waals surface area contributed by atoms with Gasteiger partial charge in [0, 0.05) is 22.0 Å².